The molecule has 0 saturated carbocycles. The predicted molar refractivity (Wildman–Crippen MR) is 113 cm³/mol. The van der Waals surface area contributed by atoms with Crippen LogP contribution in [0.1, 0.15) is 22.7 Å². The number of alkyl halides is 3. The summed E-state index contributed by atoms with van der Waals surface area (Å²) in [4.78, 5) is 22.8. The van der Waals surface area contributed by atoms with E-state index in [4.69, 9.17) is 0 Å². The van der Waals surface area contributed by atoms with Crippen molar-refractivity contribution in [2.45, 2.75) is 32.5 Å². The normalized spacial score (nSPS) is 22.3. The number of likely N-dealkylation sites (tertiary alicyclic amines) is 1. The molecular weight excluding hydrogens is 425 g/mol. The minimum absolute atomic E-state index is 0.285. The van der Waals surface area contributed by atoms with Crippen LogP contribution in [0.3, 0.4) is 0 Å². The summed E-state index contributed by atoms with van der Waals surface area (Å²) in [6.45, 7) is 6.49. The Bertz CT molecular complexity index is 1070. The van der Waals surface area contributed by atoms with E-state index >= 15 is 0 Å². The van der Waals surface area contributed by atoms with Crippen molar-refractivity contribution in [3.05, 3.63) is 41.1 Å². The molecule has 2 saturated heterocycles. The van der Waals surface area contributed by atoms with Gasteiger partial charge < -0.3 is 4.90 Å². The molecule has 3 aromatic rings. The molecule has 2 fully saturated rings. The number of hydrogen-bond donors (Lipinski definition) is 0. The highest BCUT2D eigenvalue weighted by molar-refractivity contribution is 7.18. The van der Waals surface area contributed by atoms with E-state index in [1.54, 1.807) is 6.07 Å². The number of piperidine rings is 1. The first-order chi connectivity index (χ1) is 14.8. The van der Waals surface area contributed by atoms with E-state index in [0.717, 1.165) is 73.1 Å². The zero-order valence-electron chi connectivity index (χ0n) is 17.1. The number of anilines is 1. The second kappa shape index (κ2) is 7.98. The van der Waals surface area contributed by atoms with E-state index in [2.05, 4.69) is 29.7 Å². The fourth-order valence-electron chi connectivity index (χ4n) is 4.75. The van der Waals surface area contributed by atoms with Crippen LogP contribution in [0.4, 0.5) is 19.0 Å². The highest BCUT2D eigenvalue weighted by atomic mass is 32.1. The zero-order chi connectivity index (χ0) is 21.6. The van der Waals surface area contributed by atoms with E-state index in [-0.39, 0.29) is 4.88 Å². The van der Waals surface area contributed by atoms with E-state index < -0.39 is 12.6 Å². The van der Waals surface area contributed by atoms with Crippen molar-refractivity contribution in [2.24, 2.45) is 11.8 Å². The Hall–Kier alpha value is -2.33. The summed E-state index contributed by atoms with van der Waals surface area (Å²) in [7, 11) is 0. The van der Waals surface area contributed by atoms with Crippen LogP contribution >= 0.6 is 11.3 Å². The van der Waals surface area contributed by atoms with Crippen molar-refractivity contribution in [3.63, 3.8) is 0 Å². The molecule has 2 aliphatic heterocycles. The molecule has 31 heavy (non-hydrogen) atoms. The third-order valence-corrected chi connectivity index (χ3v) is 7.20. The Morgan fingerprint density at radius 1 is 1.06 bits per heavy atom. The molecule has 0 unspecified atom stereocenters. The summed E-state index contributed by atoms with van der Waals surface area (Å²) in [6.07, 6.45) is 1.21. The second-order valence-electron chi connectivity index (χ2n) is 8.51. The molecule has 2 aliphatic rings. The quantitative estimate of drug-likeness (QED) is 0.604. The first kappa shape index (κ1) is 20.6. The van der Waals surface area contributed by atoms with Crippen LogP contribution in [0.2, 0.25) is 0 Å². The van der Waals surface area contributed by atoms with Crippen molar-refractivity contribution >= 4 is 27.4 Å². The first-order valence-corrected chi connectivity index (χ1v) is 11.2. The second-order valence-corrected chi connectivity index (χ2v) is 9.62. The molecule has 5 heterocycles. The highest BCUT2D eigenvalue weighted by Crippen LogP contribution is 2.38. The summed E-state index contributed by atoms with van der Waals surface area (Å²) in [5, 5.41) is 0.735. The van der Waals surface area contributed by atoms with Crippen LogP contribution < -0.4 is 4.90 Å². The number of hydrogen-bond acceptors (Lipinski definition) is 7. The topological polar surface area (TPSA) is 58.0 Å². The molecule has 3 aromatic heterocycles. The molecule has 164 valence electrons. The van der Waals surface area contributed by atoms with Crippen LogP contribution in [0.25, 0.3) is 10.2 Å². The summed E-state index contributed by atoms with van der Waals surface area (Å²) >= 11 is 1.11. The van der Waals surface area contributed by atoms with Gasteiger partial charge in [0.2, 0.25) is 0 Å². The SMILES string of the molecule is Cc1ncc(CN2CC[C@@H]3CN(c4ncnc5sc(CC(F)(F)F)cc45)C[C@@H]3C2)cn1. The number of thiophene rings is 1. The number of aryl methyl sites for hydroxylation is 1. The Balaban J connectivity index is 1.30. The van der Waals surface area contributed by atoms with Gasteiger partial charge in [-0.2, -0.15) is 13.2 Å². The van der Waals surface area contributed by atoms with Gasteiger partial charge in [0.25, 0.3) is 0 Å². The third kappa shape index (κ3) is 4.50. The minimum atomic E-state index is -4.22. The van der Waals surface area contributed by atoms with Gasteiger partial charge in [-0.25, -0.2) is 19.9 Å². The lowest BCUT2D eigenvalue weighted by Gasteiger charge is -2.34. The lowest BCUT2D eigenvalue weighted by Crippen LogP contribution is -2.39. The Morgan fingerprint density at radius 3 is 2.61 bits per heavy atom. The van der Waals surface area contributed by atoms with E-state index in [1.165, 1.54) is 6.33 Å². The lowest BCUT2D eigenvalue weighted by molar-refractivity contribution is -0.126. The van der Waals surface area contributed by atoms with Crippen LogP contribution in [0.5, 0.6) is 0 Å². The van der Waals surface area contributed by atoms with E-state index in [1.807, 2.05) is 19.3 Å². The monoisotopic (exact) mass is 448 g/mol. The molecule has 5 rings (SSSR count). The van der Waals surface area contributed by atoms with Gasteiger partial charge in [0.1, 0.15) is 22.8 Å². The van der Waals surface area contributed by atoms with Gasteiger partial charge in [-0.05, 0) is 37.8 Å². The molecule has 6 nitrogen and oxygen atoms in total. The van der Waals surface area contributed by atoms with Crippen molar-refractivity contribution in [1.82, 2.24) is 24.8 Å². The number of fused-ring (bicyclic) bond motifs is 2. The molecule has 0 aliphatic carbocycles. The Kier molecular flexibility index (Phi) is 5.29. The van der Waals surface area contributed by atoms with Crippen LogP contribution in [-0.2, 0) is 13.0 Å². The molecule has 0 N–H and O–H groups in total. The van der Waals surface area contributed by atoms with Gasteiger partial charge >= 0.3 is 6.18 Å². The highest BCUT2D eigenvalue weighted by Gasteiger charge is 2.38. The lowest BCUT2D eigenvalue weighted by atomic mass is 9.88. The number of halogens is 3. The van der Waals surface area contributed by atoms with Crippen LogP contribution in [0, 0.1) is 18.8 Å². The zero-order valence-corrected chi connectivity index (χ0v) is 18.0. The maximum absolute atomic E-state index is 12.8. The van der Waals surface area contributed by atoms with Gasteiger partial charge in [0.15, 0.2) is 0 Å². The summed E-state index contributed by atoms with van der Waals surface area (Å²) in [5.74, 6) is 2.63. The number of nitrogens with zero attached hydrogens (tertiary/aromatic N) is 6. The van der Waals surface area contributed by atoms with Gasteiger partial charge in [0.05, 0.1) is 11.8 Å². The van der Waals surface area contributed by atoms with Crippen molar-refractivity contribution in [2.75, 3.05) is 31.1 Å². The first-order valence-electron chi connectivity index (χ1n) is 10.4. The summed E-state index contributed by atoms with van der Waals surface area (Å²) in [5.41, 5.74) is 1.12. The molecule has 0 bridgehead atoms. The molecular formula is C21H23F3N6S. The average molecular weight is 449 g/mol. The molecule has 2 atom stereocenters. The fourth-order valence-corrected chi connectivity index (χ4v) is 5.77. The van der Waals surface area contributed by atoms with E-state index in [0.29, 0.717) is 16.7 Å². The van der Waals surface area contributed by atoms with Gasteiger partial charge in [-0.3, -0.25) is 4.90 Å². The summed E-state index contributed by atoms with van der Waals surface area (Å²) in [6, 6.07) is 1.62. The largest absolute Gasteiger partial charge is 0.393 e. The maximum atomic E-state index is 12.8. The van der Waals surface area contributed by atoms with Gasteiger partial charge in [-0.1, -0.05) is 0 Å². The number of aromatic nitrogens is 4. The minimum Gasteiger partial charge on any atom is -0.355 e. The van der Waals surface area contributed by atoms with Crippen molar-refractivity contribution in [3.8, 4) is 0 Å². The van der Waals surface area contributed by atoms with Crippen LogP contribution in [0.15, 0.2) is 24.8 Å². The van der Waals surface area contributed by atoms with Gasteiger partial charge in [0, 0.05) is 49.0 Å². The molecule has 0 spiro atoms. The molecule has 0 amide bonds. The Labute approximate surface area is 182 Å². The summed E-state index contributed by atoms with van der Waals surface area (Å²) < 4.78 is 38.5. The molecule has 0 aromatic carbocycles. The Morgan fingerprint density at radius 2 is 1.84 bits per heavy atom. The van der Waals surface area contributed by atoms with Crippen molar-refractivity contribution < 1.29 is 13.2 Å². The third-order valence-electron chi connectivity index (χ3n) is 6.16. The number of rotatable bonds is 4. The van der Waals surface area contributed by atoms with Crippen LogP contribution in [-0.4, -0.2) is 57.2 Å². The molecule has 0 radical (unpaired) electrons. The molecule has 10 heteroatoms. The van der Waals surface area contributed by atoms with E-state index in [9.17, 15) is 13.2 Å². The van der Waals surface area contributed by atoms with Gasteiger partial charge in [-0.15, -0.1) is 11.3 Å². The smallest absolute Gasteiger partial charge is 0.355 e. The fraction of sp³-hybridized carbons (Fsp3) is 0.524. The van der Waals surface area contributed by atoms with Crippen molar-refractivity contribution in [1.29, 1.82) is 0 Å². The average Bonchev–Trinajstić information content (AvgIpc) is 3.31. The standard InChI is InChI=1S/C21H23F3N6S/c1-13-25-6-14(7-26-13)8-29-3-2-15-10-30(11-16(15)9-29)19-18-4-17(5-21(22,23)24)31-20(18)28-12-27-19/h4,6-7,12,15-16H,2-3,5,8-11H2,1H3/t15-,16+/m1/s1. The maximum Gasteiger partial charge on any atom is 0.393 e. The predicted octanol–water partition coefficient (Wildman–Crippen LogP) is 3.85.